The molecule has 2 unspecified atom stereocenters. The van der Waals surface area contributed by atoms with Crippen molar-refractivity contribution in [2.24, 2.45) is 16.0 Å². The summed E-state index contributed by atoms with van der Waals surface area (Å²) in [5.41, 5.74) is 7.44. The van der Waals surface area contributed by atoms with E-state index in [0.717, 1.165) is 0 Å². The molecular weight excluding hydrogens is 406 g/mol. The standard InChI is InChI=1S/C21H25N3O5S/c1-12(2)29-30(26,27)19-11-17-13(3)18(22)10-9-16(17)21(25)20(19)24-23-14-5-7-15(28-4)8-6-14/h5-13,18,25H,22H2,1-4H3. The molecule has 0 saturated carbocycles. The van der Waals surface area contributed by atoms with E-state index in [1.54, 1.807) is 57.4 Å². The van der Waals surface area contributed by atoms with Gasteiger partial charge in [0.2, 0.25) is 0 Å². The summed E-state index contributed by atoms with van der Waals surface area (Å²) >= 11 is 0. The highest BCUT2D eigenvalue weighted by molar-refractivity contribution is 7.87. The minimum Gasteiger partial charge on any atom is -0.505 e. The number of nitrogens with zero attached hydrogens (tertiary/aromatic N) is 2. The van der Waals surface area contributed by atoms with Crippen molar-refractivity contribution in [3.63, 3.8) is 0 Å². The predicted octanol–water partition coefficient (Wildman–Crippen LogP) is 4.39. The zero-order valence-electron chi connectivity index (χ0n) is 17.2. The average molecular weight is 432 g/mol. The van der Waals surface area contributed by atoms with Gasteiger partial charge in [0.25, 0.3) is 10.1 Å². The molecule has 0 saturated heterocycles. The molecule has 0 bridgehead atoms. The van der Waals surface area contributed by atoms with Crippen LogP contribution in [0.15, 0.2) is 51.5 Å². The number of hydrogen-bond donors (Lipinski definition) is 2. The minimum absolute atomic E-state index is 0.183. The lowest BCUT2D eigenvalue weighted by Crippen LogP contribution is -2.27. The number of aromatic hydroxyl groups is 1. The molecule has 0 spiro atoms. The van der Waals surface area contributed by atoms with E-state index in [9.17, 15) is 13.5 Å². The van der Waals surface area contributed by atoms with Crippen LogP contribution in [0.25, 0.3) is 6.08 Å². The summed E-state index contributed by atoms with van der Waals surface area (Å²) in [6.07, 6.45) is 2.84. The lowest BCUT2D eigenvalue weighted by Gasteiger charge is -2.26. The summed E-state index contributed by atoms with van der Waals surface area (Å²) in [7, 11) is -2.65. The topological polar surface area (TPSA) is 124 Å². The Morgan fingerprint density at radius 3 is 2.43 bits per heavy atom. The fourth-order valence-corrected chi connectivity index (χ4v) is 4.41. The third-order valence-electron chi connectivity index (χ3n) is 4.79. The van der Waals surface area contributed by atoms with Crippen LogP contribution in [-0.2, 0) is 14.3 Å². The molecule has 0 aromatic heterocycles. The molecule has 0 amide bonds. The molecule has 1 aliphatic rings. The SMILES string of the molecule is COc1ccc(N=Nc2c(S(=O)(=O)OC(C)C)cc3c(c2O)C=CC(N)C3C)cc1. The number of rotatable bonds is 6. The van der Waals surface area contributed by atoms with Crippen LogP contribution in [0.3, 0.4) is 0 Å². The van der Waals surface area contributed by atoms with Crippen LogP contribution in [0.1, 0.15) is 37.8 Å². The Morgan fingerprint density at radius 1 is 1.17 bits per heavy atom. The van der Waals surface area contributed by atoms with Gasteiger partial charge in [-0.05, 0) is 49.7 Å². The van der Waals surface area contributed by atoms with Crippen molar-refractivity contribution in [2.45, 2.75) is 43.7 Å². The second-order valence-electron chi connectivity index (χ2n) is 7.30. The number of ether oxygens (including phenoxy) is 1. The minimum atomic E-state index is -4.20. The molecule has 3 N–H and O–H groups in total. The molecule has 8 nitrogen and oxygen atoms in total. The number of fused-ring (bicyclic) bond motifs is 1. The molecule has 0 aliphatic heterocycles. The van der Waals surface area contributed by atoms with Crippen LogP contribution < -0.4 is 10.5 Å². The Hall–Kier alpha value is -2.75. The Morgan fingerprint density at radius 2 is 1.83 bits per heavy atom. The molecule has 160 valence electrons. The molecule has 30 heavy (non-hydrogen) atoms. The number of methoxy groups -OCH3 is 1. The van der Waals surface area contributed by atoms with E-state index in [2.05, 4.69) is 10.2 Å². The number of phenols is 1. The molecular formula is C21H25N3O5S. The Labute approximate surface area is 176 Å². The normalized spacial score (nSPS) is 18.7. The van der Waals surface area contributed by atoms with Crippen molar-refractivity contribution in [1.82, 2.24) is 0 Å². The van der Waals surface area contributed by atoms with Gasteiger partial charge in [-0.1, -0.05) is 19.1 Å². The van der Waals surface area contributed by atoms with E-state index in [1.165, 1.54) is 6.07 Å². The summed E-state index contributed by atoms with van der Waals surface area (Å²) in [5.74, 6) is 0.164. The van der Waals surface area contributed by atoms with Gasteiger partial charge in [0.15, 0.2) is 5.75 Å². The van der Waals surface area contributed by atoms with E-state index < -0.39 is 16.2 Å². The van der Waals surface area contributed by atoms with Gasteiger partial charge in [-0.3, -0.25) is 4.18 Å². The van der Waals surface area contributed by atoms with Crippen LogP contribution in [-0.4, -0.2) is 32.8 Å². The van der Waals surface area contributed by atoms with E-state index >= 15 is 0 Å². The van der Waals surface area contributed by atoms with Crippen molar-refractivity contribution in [3.8, 4) is 11.5 Å². The van der Waals surface area contributed by atoms with Crippen LogP contribution >= 0.6 is 0 Å². The smallest absolute Gasteiger partial charge is 0.299 e. The molecule has 9 heteroatoms. The number of hydrogen-bond acceptors (Lipinski definition) is 8. The second kappa shape index (κ2) is 8.55. The van der Waals surface area contributed by atoms with Gasteiger partial charge in [0.1, 0.15) is 16.3 Å². The quantitative estimate of drug-likeness (QED) is 0.516. The van der Waals surface area contributed by atoms with Crippen LogP contribution in [0.5, 0.6) is 11.5 Å². The first-order valence-corrected chi connectivity index (χ1v) is 10.9. The molecule has 0 fully saturated rings. The first-order chi connectivity index (χ1) is 14.1. The van der Waals surface area contributed by atoms with Crippen LogP contribution in [0.4, 0.5) is 11.4 Å². The van der Waals surface area contributed by atoms with E-state index in [-0.39, 0.29) is 28.3 Å². The Balaban J connectivity index is 2.17. The molecule has 0 heterocycles. The lowest BCUT2D eigenvalue weighted by atomic mass is 9.84. The second-order valence-corrected chi connectivity index (χ2v) is 8.84. The fourth-order valence-electron chi connectivity index (χ4n) is 3.15. The maximum absolute atomic E-state index is 12.9. The van der Waals surface area contributed by atoms with Crippen molar-refractivity contribution in [1.29, 1.82) is 0 Å². The highest BCUT2D eigenvalue weighted by atomic mass is 32.2. The predicted molar refractivity (Wildman–Crippen MR) is 114 cm³/mol. The number of azo groups is 1. The first kappa shape index (κ1) is 21.9. The van der Waals surface area contributed by atoms with Gasteiger partial charge in [0, 0.05) is 17.5 Å². The van der Waals surface area contributed by atoms with E-state index in [1.807, 2.05) is 6.92 Å². The molecule has 3 rings (SSSR count). The molecule has 1 aliphatic carbocycles. The highest BCUT2D eigenvalue weighted by Crippen LogP contribution is 2.45. The van der Waals surface area contributed by atoms with Gasteiger partial charge in [-0.15, -0.1) is 5.11 Å². The number of phenolic OH excluding ortho intramolecular Hbond substituents is 1. The summed E-state index contributed by atoms with van der Waals surface area (Å²) in [6, 6.07) is 7.89. The Kier molecular flexibility index (Phi) is 6.25. The lowest BCUT2D eigenvalue weighted by molar-refractivity contribution is 0.249. The van der Waals surface area contributed by atoms with Gasteiger partial charge in [0.05, 0.1) is 18.9 Å². The highest BCUT2D eigenvalue weighted by Gasteiger charge is 2.31. The van der Waals surface area contributed by atoms with Crippen LogP contribution in [0, 0.1) is 0 Å². The van der Waals surface area contributed by atoms with Crippen molar-refractivity contribution in [3.05, 3.63) is 47.5 Å². The van der Waals surface area contributed by atoms with Gasteiger partial charge < -0.3 is 15.6 Å². The molecule has 0 radical (unpaired) electrons. The summed E-state index contributed by atoms with van der Waals surface area (Å²) in [4.78, 5) is -0.251. The maximum atomic E-state index is 12.9. The molecule has 2 atom stereocenters. The number of benzene rings is 2. The monoisotopic (exact) mass is 431 g/mol. The molecule has 2 aromatic carbocycles. The summed E-state index contributed by atoms with van der Waals surface area (Å²) in [5, 5.41) is 19.0. The van der Waals surface area contributed by atoms with Crippen molar-refractivity contribution in [2.75, 3.05) is 7.11 Å². The zero-order chi connectivity index (χ0) is 22.1. The van der Waals surface area contributed by atoms with Crippen LogP contribution in [0.2, 0.25) is 0 Å². The third-order valence-corrected chi connectivity index (χ3v) is 6.28. The average Bonchev–Trinajstić information content (AvgIpc) is 2.69. The van der Waals surface area contributed by atoms with Crippen molar-refractivity contribution < 1.29 is 22.4 Å². The van der Waals surface area contributed by atoms with E-state index in [0.29, 0.717) is 22.6 Å². The van der Waals surface area contributed by atoms with Gasteiger partial charge in [-0.2, -0.15) is 13.5 Å². The van der Waals surface area contributed by atoms with Crippen molar-refractivity contribution >= 4 is 27.6 Å². The maximum Gasteiger partial charge on any atom is 0.299 e. The van der Waals surface area contributed by atoms with Gasteiger partial charge >= 0.3 is 0 Å². The molecule has 2 aromatic rings. The first-order valence-electron chi connectivity index (χ1n) is 9.46. The van der Waals surface area contributed by atoms with E-state index in [4.69, 9.17) is 14.7 Å². The largest absolute Gasteiger partial charge is 0.505 e. The zero-order valence-corrected chi connectivity index (χ0v) is 18.1. The summed E-state index contributed by atoms with van der Waals surface area (Å²) < 4.78 is 36.0. The Bertz CT molecular complexity index is 1090. The summed E-state index contributed by atoms with van der Waals surface area (Å²) in [6.45, 7) is 5.08. The van der Waals surface area contributed by atoms with Gasteiger partial charge in [-0.25, -0.2) is 0 Å². The number of nitrogens with two attached hydrogens (primary N) is 1. The third kappa shape index (κ3) is 4.38. The fraction of sp³-hybridized carbons (Fsp3) is 0.333.